The normalized spacial score (nSPS) is 10.1. The highest BCUT2D eigenvalue weighted by Crippen LogP contribution is 2.27. The lowest BCUT2D eigenvalue weighted by atomic mass is 10.2. The number of nitro groups is 1. The monoisotopic (exact) mass is 370 g/mol. The van der Waals surface area contributed by atoms with Crippen LogP contribution in [0.1, 0.15) is 20.0 Å². The molecule has 1 aromatic heterocycles. The van der Waals surface area contributed by atoms with Gasteiger partial charge in [0.2, 0.25) is 0 Å². The number of benzene rings is 1. The molecule has 0 bridgehead atoms. The van der Waals surface area contributed by atoms with Crippen molar-refractivity contribution in [2.75, 3.05) is 5.32 Å². The second-order valence-corrected chi connectivity index (χ2v) is 5.77. The Labute approximate surface area is 130 Å². The van der Waals surface area contributed by atoms with Crippen molar-refractivity contribution in [3.05, 3.63) is 55.4 Å². The number of thiophene rings is 1. The number of nitrogens with zero attached hydrogens (tertiary/aromatic N) is 1. The third-order valence-corrected chi connectivity index (χ3v) is 4.15. The highest BCUT2D eigenvalue weighted by Gasteiger charge is 2.16. The third-order valence-electron chi connectivity index (χ3n) is 2.46. The Morgan fingerprint density at radius 3 is 2.52 bits per heavy atom. The molecule has 1 aromatic carbocycles. The number of nitrogens with one attached hydrogen (secondary N) is 1. The van der Waals surface area contributed by atoms with Crippen molar-refractivity contribution in [3.63, 3.8) is 0 Å². The number of hydrogen-bond donors (Lipinski definition) is 2. The SMILES string of the molecule is O=C(O)c1ccc(NC(=O)c2ccc([N+](=O)[O-])s2)c(Br)c1. The summed E-state index contributed by atoms with van der Waals surface area (Å²) in [5.41, 5.74) is 0.452. The number of carbonyl (C=O) groups is 2. The highest BCUT2D eigenvalue weighted by molar-refractivity contribution is 9.10. The van der Waals surface area contributed by atoms with Crippen molar-refractivity contribution in [2.24, 2.45) is 0 Å². The molecule has 108 valence electrons. The van der Waals surface area contributed by atoms with Crippen LogP contribution in [-0.2, 0) is 0 Å². The van der Waals surface area contributed by atoms with Crippen LogP contribution in [0.25, 0.3) is 0 Å². The molecule has 0 aliphatic heterocycles. The number of halogens is 1. The second kappa shape index (κ2) is 6.02. The number of amides is 1. The summed E-state index contributed by atoms with van der Waals surface area (Å²) in [4.78, 5) is 33.0. The first-order valence-electron chi connectivity index (χ1n) is 5.47. The summed E-state index contributed by atoms with van der Waals surface area (Å²) in [7, 11) is 0. The largest absolute Gasteiger partial charge is 0.478 e. The summed E-state index contributed by atoms with van der Waals surface area (Å²) >= 11 is 3.92. The lowest BCUT2D eigenvalue weighted by Gasteiger charge is -2.06. The molecule has 2 N–H and O–H groups in total. The van der Waals surface area contributed by atoms with Gasteiger partial charge in [-0.15, -0.1) is 0 Å². The molecule has 0 saturated carbocycles. The first-order chi connectivity index (χ1) is 9.88. The summed E-state index contributed by atoms with van der Waals surface area (Å²) in [6, 6.07) is 6.75. The number of carboxylic acid groups (broad SMARTS) is 1. The van der Waals surface area contributed by atoms with Gasteiger partial charge in [-0.2, -0.15) is 0 Å². The Morgan fingerprint density at radius 1 is 1.29 bits per heavy atom. The zero-order chi connectivity index (χ0) is 15.6. The van der Waals surface area contributed by atoms with Crippen molar-refractivity contribution in [1.82, 2.24) is 0 Å². The lowest BCUT2D eigenvalue weighted by molar-refractivity contribution is -0.380. The molecule has 0 saturated heterocycles. The smallest absolute Gasteiger partial charge is 0.335 e. The predicted octanol–water partition coefficient (Wildman–Crippen LogP) is 3.37. The van der Waals surface area contributed by atoms with Gasteiger partial charge in [0.25, 0.3) is 5.91 Å². The fraction of sp³-hybridized carbons (Fsp3) is 0. The summed E-state index contributed by atoms with van der Waals surface area (Å²) in [6.07, 6.45) is 0. The minimum absolute atomic E-state index is 0.0756. The van der Waals surface area contributed by atoms with Gasteiger partial charge in [-0.25, -0.2) is 4.79 Å². The first kappa shape index (κ1) is 15.1. The van der Waals surface area contributed by atoms with E-state index >= 15 is 0 Å². The van der Waals surface area contributed by atoms with Gasteiger partial charge >= 0.3 is 11.0 Å². The molecular formula is C12H7BrN2O5S. The topological polar surface area (TPSA) is 110 Å². The van der Waals surface area contributed by atoms with E-state index < -0.39 is 16.8 Å². The van der Waals surface area contributed by atoms with E-state index in [0.717, 1.165) is 11.3 Å². The van der Waals surface area contributed by atoms with Crippen LogP contribution in [0.3, 0.4) is 0 Å². The molecule has 9 heteroatoms. The van der Waals surface area contributed by atoms with E-state index in [-0.39, 0.29) is 15.4 Å². The third kappa shape index (κ3) is 3.44. The van der Waals surface area contributed by atoms with Crippen LogP contribution in [0.4, 0.5) is 10.7 Å². The van der Waals surface area contributed by atoms with Crippen LogP contribution in [0, 0.1) is 10.1 Å². The van der Waals surface area contributed by atoms with Gasteiger partial charge in [0.1, 0.15) is 0 Å². The zero-order valence-electron chi connectivity index (χ0n) is 10.2. The Hall–Kier alpha value is -2.26. The number of carboxylic acids is 1. The highest BCUT2D eigenvalue weighted by atomic mass is 79.9. The average molecular weight is 371 g/mol. The molecule has 1 heterocycles. The lowest BCUT2D eigenvalue weighted by Crippen LogP contribution is -2.11. The molecular weight excluding hydrogens is 364 g/mol. The zero-order valence-corrected chi connectivity index (χ0v) is 12.6. The molecule has 0 fully saturated rings. The van der Waals surface area contributed by atoms with Gasteiger partial charge in [-0.05, 0) is 40.2 Å². The molecule has 2 aromatic rings. The predicted molar refractivity (Wildman–Crippen MR) is 80.0 cm³/mol. The van der Waals surface area contributed by atoms with Crippen LogP contribution in [-0.4, -0.2) is 21.9 Å². The van der Waals surface area contributed by atoms with Gasteiger partial charge in [0.15, 0.2) is 0 Å². The maximum atomic E-state index is 12.0. The molecule has 21 heavy (non-hydrogen) atoms. The van der Waals surface area contributed by atoms with Crippen LogP contribution in [0.5, 0.6) is 0 Å². The summed E-state index contributed by atoms with van der Waals surface area (Å²) in [5, 5.41) is 21.8. The first-order valence-corrected chi connectivity index (χ1v) is 7.08. The molecule has 0 unspecified atom stereocenters. The van der Waals surface area contributed by atoms with Crippen LogP contribution in [0.2, 0.25) is 0 Å². The van der Waals surface area contributed by atoms with Crippen LogP contribution in [0.15, 0.2) is 34.8 Å². The van der Waals surface area contributed by atoms with E-state index in [4.69, 9.17) is 5.11 Å². The molecule has 2 rings (SSSR count). The Bertz CT molecular complexity index is 743. The Morgan fingerprint density at radius 2 is 2.00 bits per heavy atom. The quantitative estimate of drug-likeness (QED) is 0.633. The van der Waals surface area contributed by atoms with E-state index in [0.29, 0.717) is 10.2 Å². The molecule has 1 amide bonds. The number of carbonyl (C=O) groups excluding carboxylic acids is 1. The summed E-state index contributed by atoms with van der Waals surface area (Å²) in [6.45, 7) is 0. The molecule has 0 aliphatic carbocycles. The van der Waals surface area contributed by atoms with Crippen molar-refractivity contribution in [1.29, 1.82) is 0 Å². The Balaban J connectivity index is 2.19. The number of hydrogen-bond acceptors (Lipinski definition) is 5. The molecule has 0 radical (unpaired) electrons. The molecule has 0 spiro atoms. The van der Waals surface area contributed by atoms with Crippen molar-refractivity contribution in [2.45, 2.75) is 0 Å². The van der Waals surface area contributed by atoms with Gasteiger partial charge in [-0.3, -0.25) is 14.9 Å². The fourth-order valence-electron chi connectivity index (χ4n) is 1.48. The Kier molecular flexibility index (Phi) is 4.34. The van der Waals surface area contributed by atoms with Gasteiger partial charge < -0.3 is 10.4 Å². The van der Waals surface area contributed by atoms with E-state index in [9.17, 15) is 19.7 Å². The second-order valence-electron chi connectivity index (χ2n) is 3.85. The average Bonchev–Trinajstić information content (AvgIpc) is 2.90. The van der Waals surface area contributed by atoms with E-state index in [1.54, 1.807) is 0 Å². The minimum Gasteiger partial charge on any atom is -0.478 e. The van der Waals surface area contributed by atoms with E-state index in [1.807, 2.05) is 0 Å². The molecule has 0 atom stereocenters. The maximum Gasteiger partial charge on any atom is 0.335 e. The van der Waals surface area contributed by atoms with Crippen molar-refractivity contribution >= 4 is 49.8 Å². The molecule has 0 aliphatic rings. The van der Waals surface area contributed by atoms with Gasteiger partial charge in [0.05, 0.1) is 21.1 Å². The fourth-order valence-corrected chi connectivity index (χ4v) is 2.67. The van der Waals surface area contributed by atoms with Crippen molar-refractivity contribution in [3.8, 4) is 0 Å². The number of anilines is 1. The van der Waals surface area contributed by atoms with Crippen LogP contribution < -0.4 is 5.32 Å². The van der Waals surface area contributed by atoms with Crippen LogP contribution >= 0.6 is 27.3 Å². The summed E-state index contributed by atoms with van der Waals surface area (Å²) in [5.74, 6) is -1.58. The minimum atomic E-state index is -1.08. The van der Waals surface area contributed by atoms with Gasteiger partial charge in [-0.1, -0.05) is 11.3 Å². The van der Waals surface area contributed by atoms with E-state index in [2.05, 4.69) is 21.2 Å². The van der Waals surface area contributed by atoms with E-state index in [1.165, 1.54) is 30.3 Å². The van der Waals surface area contributed by atoms with Crippen molar-refractivity contribution < 1.29 is 19.6 Å². The maximum absolute atomic E-state index is 12.0. The number of rotatable bonds is 4. The van der Waals surface area contributed by atoms with Gasteiger partial charge in [0, 0.05) is 10.5 Å². The molecule has 7 nitrogen and oxygen atoms in total. The number of aromatic carboxylic acids is 1. The summed E-state index contributed by atoms with van der Waals surface area (Å²) < 4.78 is 0.404. The standard InChI is InChI=1S/C12H7BrN2O5S/c13-7-5-6(12(17)18)1-2-8(7)14-11(16)9-3-4-10(21-9)15(19)20/h1-5H,(H,14,16)(H,17,18).